The average Bonchev–Trinajstić information content (AvgIpc) is 2.15. The van der Waals surface area contributed by atoms with E-state index in [0.29, 0.717) is 0 Å². The van der Waals surface area contributed by atoms with Gasteiger partial charge in [-0.1, -0.05) is 6.07 Å². The second-order valence-electron chi connectivity index (χ2n) is 3.41. The number of halogens is 1. The van der Waals surface area contributed by atoms with Gasteiger partial charge in [0.1, 0.15) is 4.90 Å². The van der Waals surface area contributed by atoms with Gasteiger partial charge >= 0.3 is 5.97 Å². The predicted octanol–water partition coefficient (Wildman–Crippen LogP) is 0.865. The molecule has 0 fully saturated rings. The molecule has 1 N–H and O–H groups in total. The minimum absolute atomic E-state index is 0.0879. The van der Waals surface area contributed by atoms with Gasteiger partial charge in [0.25, 0.3) is 0 Å². The molecule has 0 aliphatic carbocycles. The normalized spacial score (nSPS) is 11.2. The maximum absolute atomic E-state index is 13.8. The Bertz CT molecular complexity index is 550. The first-order valence-corrected chi connectivity index (χ1v) is 6.43. The maximum Gasteiger partial charge on any atom is 0.307 e. The molecule has 0 saturated heterocycles. The van der Waals surface area contributed by atoms with E-state index in [0.717, 1.165) is 19.4 Å². The Balaban J connectivity index is 3.42. The van der Waals surface area contributed by atoms with Crippen LogP contribution in [-0.2, 0) is 21.1 Å². The first-order valence-electron chi connectivity index (χ1n) is 4.54. The Morgan fingerprint density at radius 2 is 2.06 bits per heavy atom. The Hall–Kier alpha value is -1.63. The average molecular weight is 262 g/mol. The van der Waals surface area contributed by atoms with Crippen molar-refractivity contribution in [1.29, 1.82) is 0 Å². The van der Waals surface area contributed by atoms with E-state index in [1.54, 1.807) is 0 Å². The van der Waals surface area contributed by atoms with Gasteiger partial charge in [-0.25, -0.2) is 12.8 Å². The van der Waals surface area contributed by atoms with Crippen molar-refractivity contribution in [2.45, 2.75) is 11.3 Å². The van der Waals surface area contributed by atoms with Gasteiger partial charge in [-0.15, -0.1) is 0 Å². The zero-order valence-electron chi connectivity index (χ0n) is 9.23. The van der Waals surface area contributed by atoms with Crippen molar-refractivity contribution in [3.8, 4) is 5.75 Å². The van der Waals surface area contributed by atoms with Gasteiger partial charge in [-0.05, 0) is 6.07 Å². The van der Waals surface area contributed by atoms with E-state index in [4.69, 9.17) is 9.84 Å². The van der Waals surface area contributed by atoms with Crippen molar-refractivity contribution < 1.29 is 27.4 Å². The number of carboxylic acid groups (broad SMARTS) is 1. The molecule has 0 aromatic heterocycles. The molecule has 1 rings (SSSR count). The van der Waals surface area contributed by atoms with Crippen LogP contribution >= 0.6 is 0 Å². The lowest BCUT2D eigenvalue weighted by Gasteiger charge is -2.10. The fourth-order valence-electron chi connectivity index (χ4n) is 1.39. The van der Waals surface area contributed by atoms with Crippen molar-refractivity contribution >= 4 is 15.8 Å². The van der Waals surface area contributed by atoms with Crippen molar-refractivity contribution in [3.63, 3.8) is 0 Å². The lowest BCUT2D eigenvalue weighted by atomic mass is 10.1. The number of hydrogen-bond acceptors (Lipinski definition) is 4. The van der Waals surface area contributed by atoms with Gasteiger partial charge < -0.3 is 9.84 Å². The highest BCUT2D eigenvalue weighted by Crippen LogP contribution is 2.28. The number of sulfone groups is 1. The Morgan fingerprint density at radius 3 is 2.47 bits per heavy atom. The molecular formula is C10H11FO5S. The molecule has 0 spiro atoms. The smallest absolute Gasteiger partial charge is 0.307 e. The number of ether oxygens (including phenoxy) is 1. The molecule has 0 atom stereocenters. The van der Waals surface area contributed by atoms with Gasteiger partial charge in [-0.3, -0.25) is 4.79 Å². The standard InChI is InChI=1S/C10H11FO5S/c1-16-10-6(5-8(12)13)3-4-7(9(10)11)17(2,14)15/h3-4H,5H2,1-2H3,(H,12,13). The molecule has 0 aliphatic heterocycles. The monoisotopic (exact) mass is 262 g/mol. The van der Waals surface area contributed by atoms with Crippen LogP contribution in [0.5, 0.6) is 5.75 Å². The van der Waals surface area contributed by atoms with Gasteiger partial charge in [0.2, 0.25) is 0 Å². The molecule has 0 bridgehead atoms. The third-order valence-electron chi connectivity index (χ3n) is 2.09. The van der Waals surface area contributed by atoms with Gasteiger partial charge in [0.15, 0.2) is 21.4 Å². The second kappa shape index (κ2) is 4.70. The Morgan fingerprint density at radius 1 is 1.47 bits per heavy atom. The summed E-state index contributed by atoms with van der Waals surface area (Å²) in [6.45, 7) is 0. The van der Waals surface area contributed by atoms with Crippen molar-refractivity contribution in [1.82, 2.24) is 0 Å². The summed E-state index contributed by atoms with van der Waals surface area (Å²) in [6, 6.07) is 2.26. The van der Waals surface area contributed by atoms with E-state index in [-0.39, 0.29) is 11.3 Å². The van der Waals surface area contributed by atoms with E-state index in [1.807, 2.05) is 0 Å². The number of carboxylic acids is 1. The highest BCUT2D eigenvalue weighted by Gasteiger charge is 2.21. The summed E-state index contributed by atoms with van der Waals surface area (Å²) in [5.74, 6) is -2.57. The fraction of sp³-hybridized carbons (Fsp3) is 0.300. The zero-order chi connectivity index (χ0) is 13.2. The SMILES string of the molecule is COc1c(CC(=O)O)ccc(S(C)(=O)=O)c1F. The first-order chi connectivity index (χ1) is 7.77. The summed E-state index contributed by atoms with van der Waals surface area (Å²) in [7, 11) is -2.57. The van der Waals surface area contributed by atoms with Crippen LogP contribution < -0.4 is 4.74 Å². The lowest BCUT2D eigenvalue weighted by Crippen LogP contribution is -2.07. The third-order valence-corrected chi connectivity index (χ3v) is 3.20. The van der Waals surface area contributed by atoms with Crippen LogP contribution in [0.2, 0.25) is 0 Å². The van der Waals surface area contributed by atoms with E-state index in [1.165, 1.54) is 6.07 Å². The molecule has 1 aromatic carbocycles. The van der Waals surface area contributed by atoms with Gasteiger partial charge in [-0.2, -0.15) is 0 Å². The molecule has 0 amide bonds. The quantitative estimate of drug-likeness (QED) is 0.870. The molecule has 94 valence electrons. The summed E-state index contributed by atoms with van der Waals surface area (Å²) >= 11 is 0. The molecular weight excluding hydrogens is 251 g/mol. The number of rotatable bonds is 4. The van der Waals surface area contributed by atoms with Crippen LogP contribution in [-0.4, -0.2) is 32.9 Å². The van der Waals surface area contributed by atoms with Crippen LogP contribution in [0.25, 0.3) is 0 Å². The van der Waals surface area contributed by atoms with E-state index < -0.39 is 32.9 Å². The zero-order valence-corrected chi connectivity index (χ0v) is 10.0. The first kappa shape index (κ1) is 13.4. The number of benzene rings is 1. The third kappa shape index (κ3) is 2.94. The topological polar surface area (TPSA) is 80.7 Å². The predicted molar refractivity (Wildman–Crippen MR) is 57.4 cm³/mol. The molecule has 0 radical (unpaired) electrons. The molecule has 5 nitrogen and oxygen atoms in total. The van der Waals surface area contributed by atoms with Crippen LogP contribution in [0.4, 0.5) is 4.39 Å². The molecule has 0 unspecified atom stereocenters. The van der Waals surface area contributed by atoms with Crippen molar-refractivity contribution in [2.75, 3.05) is 13.4 Å². The molecule has 17 heavy (non-hydrogen) atoms. The molecule has 1 aromatic rings. The number of carbonyl (C=O) groups is 1. The van der Waals surface area contributed by atoms with Crippen LogP contribution in [0, 0.1) is 5.82 Å². The highest BCUT2D eigenvalue weighted by molar-refractivity contribution is 7.90. The van der Waals surface area contributed by atoms with Crippen LogP contribution in [0.15, 0.2) is 17.0 Å². The Kier molecular flexibility index (Phi) is 3.72. The lowest BCUT2D eigenvalue weighted by molar-refractivity contribution is -0.136. The maximum atomic E-state index is 13.8. The summed E-state index contributed by atoms with van der Waals surface area (Å²) in [5.41, 5.74) is 0.0879. The van der Waals surface area contributed by atoms with E-state index >= 15 is 0 Å². The minimum atomic E-state index is -3.71. The molecule has 7 heteroatoms. The Labute approximate surface area is 97.8 Å². The largest absolute Gasteiger partial charge is 0.493 e. The van der Waals surface area contributed by atoms with Gasteiger partial charge in [0.05, 0.1) is 13.5 Å². The summed E-state index contributed by atoms with van der Waals surface area (Å²) < 4.78 is 41.0. The summed E-state index contributed by atoms with van der Waals surface area (Å²) in [4.78, 5) is 10.0. The van der Waals surface area contributed by atoms with Crippen molar-refractivity contribution in [3.05, 3.63) is 23.5 Å². The van der Waals surface area contributed by atoms with Gasteiger partial charge in [0, 0.05) is 11.8 Å². The van der Waals surface area contributed by atoms with Crippen LogP contribution in [0.1, 0.15) is 5.56 Å². The fourth-order valence-corrected chi connectivity index (χ4v) is 2.12. The summed E-state index contributed by atoms with van der Waals surface area (Å²) in [5, 5.41) is 8.61. The highest BCUT2D eigenvalue weighted by atomic mass is 32.2. The second-order valence-corrected chi connectivity index (χ2v) is 5.40. The van der Waals surface area contributed by atoms with E-state index in [9.17, 15) is 17.6 Å². The molecule has 0 saturated carbocycles. The molecule has 0 heterocycles. The minimum Gasteiger partial charge on any atom is -0.493 e. The number of aliphatic carboxylic acids is 1. The molecule has 0 aliphatic rings. The number of hydrogen-bond donors (Lipinski definition) is 1. The van der Waals surface area contributed by atoms with E-state index in [2.05, 4.69) is 0 Å². The number of methoxy groups -OCH3 is 1. The van der Waals surface area contributed by atoms with Crippen molar-refractivity contribution in [2.24, 2.45) is 0 Å². The van der Waals surface area contributed by atoms with Crippen LogP contribution in [0.3, 0.4) is 0 Å². The summed E-state index contributed by atoms with van der Waals surface area (Å²) in [6.07, 6.45) is 0.422.